The van der Waals surface area contributed by atoms with Gasteiger partial charge in [-0.3, -0.25) is 0 Å². The number of allylic oxidation sites excluding steroid dienone is 1. The number of nitrogens with two attached hydrogens (primary N) is 1. The third-order valence-electron chi connectivity index (χ3n) is 4.49. The van der Waals surface area contributed by atoms with E-state index in [2.05, 4.69) is 24.1 Å². The summed E-state index contributed by atoms with van der Waals surface area (Å²) < 4.78 is 11.7. The lowest BCUT2D eigenvalue weighted by Crippen LogP contribution is -2.58. The smallest absolute Gasteiger partial charge is 0.218 e. The summed E-state index contributed by atoms with van der Waals surface area (Å²) in [6.45, 7) is 1.70. The normalized spacial score (nSPS) is 33.2. The van der Waals surface area contributed by atoms with Gasteiger partial charge in [0, 0.05) is 43.3 Å². The van der Waals surface area contributed by atoms with Crippen molar-refractivity contribution >= 4 is 11.3 Å². The molecule has 0 bridgehead atoms. The van der Waals surface area contributed by atoms with Crippen molar-refractivity contribution in [3.8, 4) is 6.07 Å². The number of fused-ring (bicyclic) bond motifs is 1. The predicted molar refractivity (Wildman–Crippen MR) is 80.3 cm³/mol. The van der Waals surface area contributed by atoms with Gasteiger partial charge in [-0.1, -0.05) is 6.07 Å². The molecule has 0 unspecified atom stereocenters. The Balaban J connectivity index is 2.12. The van der Waals surface area contributed by atoms with Gasteiger partial charge in [-0.2, -0.15) is 5.26 Å². The Morgan fingerprint density at radius 2 is 2.43 bits per heavy atom. The van der Waals surface area contributed by atoms with Crippen LogP contribution in [0.25, 0.3) is 0 Å². The average Bonchev–Trinajstić information content (AvgIpc) is 3.00. The minimum atomic E-state index is -0.731. The Morgan fingerprint density at radius 3 is 3.05 bits per heavy atom. The fourth-order valence-electron chi connectivity index (χ4n) is 3.41. The van der Waals surface area contributed by atoms with Crippen LogP contribution < -0.4 is 5.73 Å². The van der Waals surface area contributed by atoms with Gasteiger partial charge < -0.3 is 20.1 Å². The van der Waals surface area contributed by atoms with Gasteiger partial charge in [-0.25, -0.2) is 0 Å². The first kappa shape index (κ1) is 14.4. The van der Waals surface area contributed by atoms with Crippen LogP contribution in [0, 0.1) is 17.2 Å². The van der Waals surface area contributed by atoms with Crippen molar-refractivity contribution in [2.75, 3.05) is 27.2 Å². The summed E-state index contributed by atoms with van der Waals surface area (Å²) >= 11 is 1.65. The summed E-state index contributed by atoms with van der Waals surface area (Å²) in [6, 6.07) is 6.30. The lowest BCUT2D eigenvalue weighted by Gasteiger charge is -2.50. The number of likely N-dealkylation sites (tertiary alicyclic amines) is 1. The van der Waals surface area contributed by atoms with Crippen molar-refractivity contribution in [2.45, 2.75) is 18.1 Å². The van der Waals surface area contributed by atoms with Crippen molar-refractivity contribution in [2.24, 2.45) is 11.7 Å². The Bertz CT molecular complexity index is 593. The molecule has 3 heterocycles. The van der Waals surface area contributed by atoms with Crippen LogP contribution in [0.15, 0.2) is 29.0 Å². The van der Waals surface area contributed by atoms with Gasteiger partial charge in [0.15, 0.2) is 0 Å². The van der Waals surface area contributed by atoms with E-state index in [0.717, 1.165) is 24.4 Å². The molecule has 5 nitrogen and oxygen atoms in total. The first-order valence-corrected chi connectivity index (χ1v) is 7.85. The highest BCUT2D eigenvalue weighted by Gasteiger charge is 2.54. The first-order valence-electron chi connectivity index (χ1n) is 6.97. The van der Waals surface area contributed by atoms with Gasteiger partial charge in [0.2, 0.25) is 11.7 Å². The number of nitriles is 1. The SMILES string of the molecule is CO[C@@]12CCN(C)C[C@H]1[C@H](c1cccs1)C(C#N)=C(N)O2. The molecule has 112 valence electrons. The second-order valence-corrected chi connectivity index (χ2v) is 6.60. The van der Waals surface area contributed by atoms with E-state index in [0.29, 0.717) is 5.57 Å². The first-order chi connectivity index (χ1) is 10.1. The number of hydrogen-bond donors (Lipinski definition) is 1. The summed E-state index contributed by atoms with van der Waals surface area (Å²) in [5.41, 5.74) is 6.55. The molecule has 0 radical (unpaired) electrons. The number of rotatable bonds is 2. The lowest BCUT2D eigenvalue weighted by atomic mass is 9.74. The van der Waals surface area contributed by atoms with E-state index in [9.17, 15) is 5.26 Å². The molecule has 2 N–H and O–H groups in total. The van der Waals surface area contributed by atoms with Gasteiger partial charge in [-0.05, 0) is 18.5 Å². The van der Waals surface area contributed by atoms with Crippen LogP contribution in [0.4, 0.5) is 0 Å². The van der Waals surface area contributed by atoms with E-state index in [4.69, 9.17) is 15.2 Å². The standard InChI is InChI=1S/C15H19N3O2S/c1-18-6-5-15(19-2)11(9-18)13(12-4-3-7-21-12)10(8-16)14(17)20-15/h3-4,7,11,13H,5-6,9,17H2,1-2H3/t11-,13+,15+/m0/s1. The Hall–Kier alpha value is -1.55. The summed E-state index contributed by atoms with van der Waals surface area (Å²) in [5, 5.41) is 11.6. The molecule has 1 saturated heterocycles. The molecule has 2 aliphatic rings. The zero-order valence-corrected chi connectivity index (χ0v) is 13.0. The molecule has 3 rings (SSSR count). The van der Waals surface area contributed by atoms with Crippen molar-refractivity contribution in [3.63, 3.8) is 0 Å². The Morgan fingerprint density at radius 1 is 1.62 bits per heavy atom. The van der Waals surface area contributed by atoms with Gasteiger partial charge in [-0.15, -0.1) is 11.3 Å². The van der Waals surface area contributed by atoms with E-state index in [-0.39, 0.29) is 17.7 Å². The molecule has 1 aromatic rings. The maximum absolute atomic E-state index is 9.53. The average molecular weight is 305 g/mol. The second-order valence-electron chi connectivity index (χ2n) is 5.62. The van der Waals surface area contributed by atoms with Crippen molar-refractivity contribution in [3.05, 3.63) is 33.8 Å². The minimum Gasteiger partial charge on any atom is -0.446 e. The quantitative estimate of drug-likeness (QED) is 0.903. The van der Waals surface area contributed by atoms with E-state index in [1.807, 2.05) is 11.4 Å². The lowest BCUT2D eigenvalue weighted by molar-refractivity contribution is -0.264. The minimum absolute atomic E-state index is 0.0573. The van der Waals surface area contributed by atoms with Gasteiger partial charge in [0.25, 0.3) is 0 Å². The number of methoxy groups -OCH3 is 1. The second kappa shape index (κ2) is 5.34. The molecule has 1 fully saturated rings. The highest BCUT2D eigenvalue weighted by atomic mass is 32.1. The summed E-state index contributed by atoms with van der Waals surface area (Å²) in [4.78, 5) is 3.39. The van der Waals surface area contributed by atoms with Crippen LogP contribution in [0.2, 0.25) is 0 Å². The van der Waals surface area contributed by atoms with Gasteiger partial charge >= 0.3 is 0 Å². The molecule has 0 spiro atoms. The molecule has 0 aliphatic carbocycles. The predicted octanol–water partition coefficient (Wildman–Crippen LogP) is 1.85. The molecule has 6 heteroatoms. The topological polar surface area (TPSA) is 71.5 Å². The van der Waals surface area contributed by atoms with Crippen molar-refractivity contribution in [1.29, 1.82) is 5.26 Å². The largest absolute Gasteiger partial charge is 0.446 e. The van der Waals surface area contributed by atoms with Crippen LogP contribution in [-0.2, 0) is 9.47 Å². The highest BCUT2D eigenvalue weighted by Crippen LogP contribution is 2.49. The zero-order chi connectivity index (χ0) is 15.0. The number of piperidine rings is 1. The zero-order valence-electron chi connectivity index (χ0n) is 12.2. The number of ether oxygens (including phenoxy) is 2. The van der Waals surface area contributed by atoms with Gasteiger partial charge in [0.1, 0.15) is 6.07 Å². The molecule has 2 aliphatic heterocycles. The molecule has 0 saturated carbocycles. The maximum atomic E-state index is 9.53. The van der Waals surface area contributed by atoms with Gasteiger partial charge in [0.05, 0.1) is 5.57 Å². The number of thiophene rings is 1. The van der Waals surface area contributed by atoms with Crippen LogP contribution >= 0.6 is 11.3 Å². The third-order valence-corrected chi connectivity index (χ3v) is 5.45. The molecular weight excluding hydrogens is 286 g/mol. The molecule has 0 amide bonds. The molecule has 1 aromatic heterocycles. The number of hydrogen-bond acceptors (Lipinski definition) is 6. The van der Waals surface area contributed by atoms with E-state index >= 15 is 0 Å². The number of nitrogens with zero attached hydrogens (tertiary/aromatic N) is 2. The molecular formula is C15H19N3O2S. The fraction of sp³-hybridized carbons (Fsp3) is 0.533. The van der Waals surface area contributed by atoms with Crippen LogP contribution in [0.5, 0.6) is 0 Å². The molecule has 0 aromatic carbocycles. The van der Waals surface area contributed by atoms with Crippen LogP contribution in [0.3, 0.4) is 0 Å². The summed E-state index contributed by atoms with van der Waals surface area (Å²) in [5.74, 6) is -0.530. The third kappa shape index (κ3) is 2.22. The van der Waals surface area contributed by atoms with E-state index < -0.39 is 5.79 Å². The van der Waals surface area contributed by atoms with Crippen molar-refractivity contribution in [1.82, 2.24) is 4.90 Å². The maximum Gasteiger partial charge on any atom is 0.218 e. The highest BCUT2D eigenvalue weighted by molar-refractivity contribution is 7.10. The summed E-state index contributed by atoms with van der Waals surface area (Å²) in [6.07, 6.45) is 0.742. The molecule has 21 heavy (non-hydrogen) atoms. The van der Waals surface area contributed by atoms with E-state index in [1.165, 1.54) is 0 Å². The van der Waals surface area contributed by atoms with Crippen LogP contribution in [-0.4, -0.2) is 37.9 Å². The Labute approximate surface area is 128 Å². The van der Waals surface area contributed by atoms with E-state index in [1.54, 1.807) is 18.4 Å². The Kier molecular flexibility index (Phi) is 3.66. The fourth-order valence-corrected chi connectivity index (χ4v) is 4.31. The summed E-state index contributed by atoms with van der Waals surface area (Å²) in [7, 11) is 3.74. The molecule has 3 atom stereocenters. The monoisotopic (exact) mass is 305 g/mol. The van der Waals surface area contributed by atoms with Crippen molar-refractivity contribution < 1.29 is 9.47 Å². The van der Waals surface area contributed by atoms with Crippen LogP contribution in [0.1, 0.15) is 17.2 Å².